The van der Waals surface area contributed by atoms with Gasteiger partial charge in [-0.25, -0.2) is 0 Å². The molecule has 0 aliphatic carbocycles. The van der Waals surface area contributed by atoms with Crippen molar-refractivity contribution in [1.82, 2.24) is 0 Å². The van der Waals surface area contributed by atoms with Gasteiger partial charge in [0.15, 0.2) is 11.5 Å². The highest BCUT2D eigenvalue weighted by atomic mass is 127. The Bertz CT molecular complexity index is 1260. The molecule has 0 bridgehead atoms. The number of hydrogen-bond donors (Lipinski definition) is 1. The molecular weight excluding hydrogens is 551 g/mol. The van der Waals surface area contributed by atoms with Crippen molar-refractivity contribution in [2.75, 3.05) is 12.4 Å². The van der Waals surface area contributed by atoms with Crippen LogP contribution >= 0.6 is 34.2 Å². The van der Waals surface area contributed by atoms with Crippen LogP contribution in [0.2, 0.25) is 5.02 Å². The van der Waals surface area contributed by atoms with Gasteiger partial charge in [0.05, 0.1) is 10.7 Å². The van der Waals surface area contributed by atoms with Gasteiger partial charge < -0.3 is 14.8 Å². The molecule has 1 amide bonds. The fourth-order valence-corrected chi connectivity index (χ4v) is 4.08. The first kappa shape index (κ1) is 24.6. The van der Waals surface area contributed by atoms with Crippen LogP contribution in [0.25, 0.3) is 6.08 Å². The summed E-state index contributed by atoms with van der Waals surface area (Å²) in [6.45, 7) is 4.13. The van der Waals surface area contributed by atoms with Gasteiger partial charge in [0, 0.05) is 16.3 Å². The molecule has 0 aliphatic rings. The largest absolute Gasteiger partial charge is 0.493 e. The second-order valence-corrected chi connectivity index (χ2v) is 8.93. The molecule has 0 saturated heterocycles. The van der Waals surface area contributed by atoms with Crippen LogP contribution in [0.1, 0.15) is 22.3 Å². The number of methoxy groups -OCH3 is 1. The van der Waals surface area contributed by atoms with Crippen LogP contribution in [0.3, 0.4) is 0 Å². The lowest BCUT2D eigenvalue weighted by atomic mass is 10.1. The molecule has 0 heterocycles. The molecular formula is C26H22ClIN2O3. The predicted molar refractivity (Wildman–Crippen MR) is 140 cm³/mol. The van der Waals surface area contributed by atoms with Gasteiger partial charge in [-0.3, -0.25) is 4.79 Å². The highest BCUT2D eigenvalue weighted by Crippen LogP contribution is 2.35. The maximum atomic E-state index is 12.7. The Morgan fingerprint density at radius 2 is 1.94 bits per heavy atom. The summed E-state index contributed by atoms with van der Waals surface area (Å²) < 4.78 is 12.3. The lowest BCUT2D eigenvalue weighted by Gasteiger charge is -2.14. The summed E-state index contributed by atoms with van der Waals surface area (Å²) in [5.74, 6) is 0.583. The molecule has 0 aromatic heterocycles. The molecule has 3 aromatic carbocycles. The SMILES string of the molecule is COc1cc(/C=C(/C#N)C(=O)Nc2cc(C)ccc2C)cc(I)c1OCc1ccccc1Cl. The number of carbonyl (C=O) groups is 1. The van der Waals surface area contributed by atoms with Crippen molar-refractivity contribution >= 4 is 51.9 Å². The number of carbonyl (C=O) groups excluding carboxylic acids is 1. The van der Waals surface area contributed by atoms with E-state index in [9.17, 15) is 10.1 Å². The topological polar surface area (TPSA) is 71.3 Å². The quantitative estimate of drug-likeness (QED) is 0.194. The van der Waals surface area contributed by atoms with E-state index in [2.05, 4.69) is 27.9 Å². The number of anilines is 1. The Morgan fingerprint density at radius 1 is 1.18 bits per heavy atom. The summed E-state index contributed by atoms with van der Waals surface area (Å²) in [7, 11) is 1.54. The van der Waals surface area contributed by atoms with Crippen molar-refractivity contribution in [2.24, 2.45) is 0 Å². The Hall–Kier alpha value is -3.02. The van der Waals surface area contributed by atoms with E-state index in [1.807, 2.05) is 68.4 Å². The van der Waals surface area contributed by atoms with Crippen LogP contribution in [0.5, 0.6) is 11.5 Å². The molecule has 3 aromatic rings. The van der Waals surface area contributed by atoms with Gasteiger partial charge in [0.2, 0.25) is 0 Å². The zero-order valence-corrected chi connectivity index (χ0v) is 21.3. The van der Waals surface area contributed by atoms with Gasteiger partial charge in [0.1, 0.15) is 18.2 Å². The average Bonchev–Trinajstić information content (AvgIpc) is 2.79. The Kier molecular flexibility index (Phi) is 8.37. The van der Waals surface area contributed by atoms with Crippen molar-refractivity contribution in [3.05, 3.63) is 91.0 Å². The van der Waals surface area contributed by atoms with Gasteiger partial charge in [-0.2, -0.15) is 5.26 Å². The number of halogens is 2. The minimum absolute atomic E-state index is 0.0153. The van der Waals surface area contributed by atoms with E-state index in [4.69, 9.17) is 21.1 Å². The minimum Gasteiger partial charge on any atom is -0.493 e. The van der Waals surface area contributed by atoms with Crippen molar-refractivity contribution in [3.8, 4) is 17.6 Å². The molecule has 0 fully saturated rings. The van der Waals surface area contributed by atoms with E-state index in [-0.39, 0.29) is 12.2 Å². The number of nitrogens with zero attached hydrogens (tertiary/aromatic N) is 1. The second-order valence-electron chi connectivity index (χ2n) is 7.36. The van der Waals surface area contributed by atoms with E-state index >= 15 is 0 Å². The van der Waals surface area contributed by atoms with Crippen LogP contribution < -0.4 is 14.8 Å². The van der Waals surface area contributed by atoms with Gasteiger partial charge in [-0.05, 0) is 83.5 Å². The summed E-state index contributed by atoms with van der Waals surface area (Å²) in [5, 5.41) is 13.0. The monoisotopic (exact) mass is 572 g/mol. The fourth-order valence-electron chi connectivity index (χ4n) is 3.10. The molecule has 33 heavy (non-hydrogen) atoms. The molecule has 0 saturated carbocycles. The molecule has 0 aliphatic heterocycles. The summed E-state index contributed by atoms with van der Waals surface area (Å²) in [6, 6.07) is 18.8. The third-order valence-electron chi connectivity index (χ3n) is 4.90. The van der Waals surface area contributed by atoms with E-state index in [0.717, 1.165) is 20.3 Å². The van der Waals surface area contributed by atoms with E-state index in [1.165, 1.54) is 6.08 Å². The maximum Gasteiger partial charge on any atom is 0.266 e. The van der Waals surface area contributed by atoms with Gasteiger partial charge >= 0.3 is 0 Å². The lowest BCUT2D eigenvalue weighted by Crippen LogP contribution is -2.14. The number of rotatable bonds is 7. The molecule has 5 nitrogen and oxygen atoms in total. The second kappa shape index (κ2) is 11.2. The normalized spacial score (nSPS) is 11.0. The zero-order valence-electron chi connectivity index (χ0n) is 18.4. The number of nitriles is 1. The van der Waals surface area contributed by atoms with Gasteiger partial charge in [0.25, 0.3) is 5.91 Å². The van der Waals surface area contributed by atoms with E-state index < -0.39 is 5.91 Å². The number of ether oxygens (including phenoxy) is 2. The number of hydrogen-bond acceptors (Lipinski definition) is 4. The first-order chi connectivity index (χ1) is 15.8. The van der Waals surface area contributed by atoms with Gasteiger partial charge in [-0.15, -0.1) is 0 Å². The molecule has 168 valence electrons. The van der Waals surface area contributed by atoms with Crippen molar-refractivity contribution < 1.29 is 14.3 Å². The smallest absolute Gasteiger partial charge is 0.266 e. The van der Waals surface area contributed by atoms with Gasteiger partial charge in [-0.1, -0.05) is 41.9 Å². The standard InChI is InChI=1S/C26H22ClIN2O3/c1-16-8-9-17(2)23(10-16)30-26(31)20(14-29)11-18-12-22(28)25(24(13-18)32-3)33-15-19-6-4-5-7-21(19)27/h4-13H,15H2,1-3H3,(H,30,31)/b20-11-. The summed E-state index contributed by atoms with van der Waals surface area (Å²) >= 11 is 8.36. The van der Waals surface area contributed by atoms with Crippen LogP contribution in [-0.4, -0.2) is 13.0 Å². The van der Waals surface area contributed by atoms with Crippen LogP contribution in [-0.2, 0) is 11.4 Å². The molecule has 0 atom stereocenters. The molecule has 7 heteroatoms. The zero-order chi connectivity index (χ0) is 24.0. The van der Waals surface area contributed by atoms with Crippen LogP contribution in [0, 0.1) is 28.7 Å². The van der Waals surface area contributed by atoms with Crippen molar-refractivity contribution in [3.63, 3.8) is 0 Å². The molecule has 3 rings (SSSR count). The molecule has 1 N–H and O–H groups in total. The molecule has 0 unspecified atom stereocenters. The number of aryl methyl sites for hydroxylation is 2. The third-order valence-corrected chi connectivity index (χ3v) is 6.07. The van der Waals surface area contributed by atoms with Crippen molar-refractivity contribution in [1.29, 1.82) is 5.26 Å². The predicted octanol–water partition coefficient (Wildman–Crippen LogP) is 6.69. The highest BCUT2D eigenvalue weighted by Gasteiger charge is 2.15. The summed E-state index contributed by atoms with van der Waals surface area (Å²) in [5.41, 5.74) is 4.10. The van der Waals surface area contributed by atoms with E-state index in [1.54, 1.807) is 13.2 Å². The first-order valence-electron chi connectivity index (χ1n) is 10.1. The molecule has 0 spiro atoms. The van der Waals surface area contributed by atoms with Crippen LogP contribution in [0.4, 0.5) is 5.69 Å². The first-order valence-corrected chi connectivity index (χ1v) is 11.5. The summed E-state index contributed by atoms with van der Waals surface area (Å²) in [4.78, 5) is 12.7. The number of nitrogens with one attached hydrogen (secondary N) is 1. The fraction of sp³-hybridized carbons (Fsp3) is 0.154. The Labute approximate surface area is 212 Å². The Balaban J connectivity index is 1.85. The third kappa shape index (κ3) is 6.28. The van der Waals surface area contributed by atoms with E-state index in [0.29, 0.717) is 27.8 Å². The van der Waals surface area contributed by atoms with Crippen LogP contribution in [0.15, 0.2) is 60.2 Å². The molecule has 0 radical (unpaired) electrons. The van der Waals surface area contributed by atoms with Crippen molar-refractivity contribution in [2.45, 2.75) is 20.5 Å². The summed E-state index contributed by atoms with van der Waals surface area (Å²) in [6.07, 6.45) is 1.53. The Morgan fingerprint density at radius 3 is 2.64 bits per heavy atom. The number of amides is 1. The minimum atomic E-state index is -0.473. The number of benzene rings is 3. The highest BCUT2D eigenvalue weighted by molar-refractivity contribution is 14.1. The average molecular weight is 573 g/mol. The maximum absolute atomic E-state index is 12.7. The lowest BCUT2D eigenvalue weighted by molar-refractivity contribution is -0.112.